The fraction of sp³-hybridized carbons (Fsp3) is 0.875. The van der Waals surface area contributed by atoms with Crippen molar-refractivity contribution in [3.05, 3.63) is 0 Å². The standard InChI is InChI=1S/C8H14O2/c1-6-4-8(10)3-2-7(6)5-9/h5-8,10H,2-4H2,1H3. The van der Waals surface area contributed by atoms with Crippen LogP contribution in [0.4, 0.5) is 0 Å². The SMILES string of the molecule is CC1CC(O)CCC1C=O. The van der Waals surface area contributed by atoms with Crippen LogP contribution in [0.25, 0.3) is 0 Å². The van der Waals surface area contributed by atoms with Gasteiger partial charge in [0.1, 0.15) is 6.29 Å². The zero-order valence-corrected chi connectivity index (χ0v) is 6.29. The molecule has 1 saturated carbocycles. The second-order valence-electron chi connectivity index (χ2n) is 3.24. The highest BCUT2D eigenvalue weighted by atomic mass is 16.3. The summed E-state index contributed by atoms with van der Waals surface area (Å²) in [4.78, 5) is 10.4. The Morgan fingerprint density at radius 1 is 1.50 bits per heavy atom. The summed E-state index contributed by atoms with van der Waals surface area (Å²) in [5, 5.41) is 9.18. The van der Waals surface area contributed by atoms with Crippen molar-refractivity contribution in [2.45, 2.75) is 32.3 Å². The second kappa shape index (κ2) is 3.15. The number of hydrogen-bond acceptors (Lipinski definition) is 2. The van der Waals surface area contributed by atoms with Gasteiger partial charge in [-0.05, 0) is 25.2 Å². The molecule has 58 valence electrons. The molecule has 1 rings (SSSR count). The van der Waals surface area contributed by atoms with Gasteiger partial charge in [0.2, 0.25) is 0 Å². The second-order valence-corrected chi connectivity index (χ2v) is 3.24. The van der Waals surface area contributed by atoms with Crippen molar-refractivity contribution in [1.82, 2.24) is 0 Å². The molecule has 1 N–H and O–H groups in total. The fourth-order valence-electron chi connectivity index (χ4n) is 1.59. The number of rotatable bonds is 1. The van der Waals surface area contributed by atoms with E-state index in [1.807, 2.05) is 6.92 Å². The van der Waals surface area contributed by atoms with Crippen LogP contribution < -0.4 is 0 Å². The van der Waals surface area contributed by atoms with Gasteiger partial charge in [0.15, 0.2) is 0 Å². The smallest absolute Gasteiger partial charge is 0.123 e. The predicted molar refractivity (Wildman–Crippen MR) is 38.6 cm³/mol. The maximum Gasteiger partial charge on any atom is 0.123 e. The minimum Gasteiger partial charge on any atom is -0.393 e. The van der Waals surface area contributed by atoms with Crippen LogP contribution in [-0.2, 0) is 4.79 Å². The molecule has 1 fully saturated rings. The van der Waals surface area contributed by atoms with Gasteiger partial charge in [-0.25, -0.2) is 0 Å². The van der Waals surface area contributed by atoms with Crippen LogP contribution >= 0.6 is 0 Å². The molecular weight excluding hydrogens is 128 g/mol. The normalized spacial score (nSPS) is 41.2. The summed E-state index contributed by atoms with van der Waals surface area (Å²) >= 11 is 0. The first-order valence-corrected chi connectivity index (χ1v) is 3.87. The lowest BCUT2D eigenvalue weighted by Gasteiger charge is -2.27. The highest BCUT2D eigenvalue weighted by Crippen LogP contribution is 2.27. The minimum absolute atomic E-state index is 0.161. The van der Waals surface area contributed by atoms with Gasteiger partial charge in [-0.1, -0.05) is 6.92 Å². The molecule has 3 atom stereocenters. The Morgan fingerprint density at radius 2 is 2.20 bits per heavy atom. The molecule has 0 spiro atoms. The average Bonchev–Trinajstić information content (AvgIpc) is 1.88. The topological polar surface area (TPSA) is 37.3 Å². The molecule has 1 aliphatic carbocycles. The Balaban J connectivity index is 2.43. The highest BCUT2D eigenvalue weighted by molar-refractivity contribution is 5.54. The van der Waals surface area contributed by atoms with Crippen LogP contribution in [0.15, 0.2) is 0 Å². The molecule has 0 heterocycles. The summed E-state index contributed by atoms with van der Waals surface area (Å²) < 4.78 is 0. The Labute approximate surface area is 61.2 Å². The van der Waals surface area contributed by atoms with E-state index in [1.54, 1.807) is 0 Å². The van der Waals surface area contributed by atoms with Crippen LogP contribution in [0.5, 0.6) is 0 Å². The van der Waals surface area contributed by atoms with Crippen molar-refractivity contribution < 1.29 is 9.90 Å². The van der Waals surface area contributed by atoms with Crippen LogP contribution in [0.1, 0.15) is 26.2 Å². The zero-order valence-electron chi connectivity index (χ0n) is 6.29. The van der Waals surface area contributed by atoms with Gasteiger partial charge in [-0.3, -0.25) is 0 Å². The van der Waals surface area contributed by atoms with E-state index in [-0.39, 0.29) is 12.0 Å². The molecule has 0 aromatic heterocycles. The molecule has 0 aromatic carbocycles. The van der Waals surface area contributed by atoms with Gasteiger partial charge in [-0.2, -0.15) is 0 Å². The molecule has 0 aromatic rings. The van der Waals surface area contributed by atoms with Gasteiger partial charge >= 0.3 is 0 Å². The van der Waals surface area contributed by atoms with Crippen molar-refractivity contribution in [1.29, 1.82) is 0 Å². The Bertz CT molecular complexity index is 122. The van der Waals surface area contributed by atoms with Crippen molar-refractivity contribution in [2.24, 2.45) is 11.8 Å². The minimum atomic E-state index is -0.161. The third kappa shape index (κ3) is 1.57. The van der Waals surface area contributed by atoms with Crippen LogP contribution in [0.2, 0.25) is 0 Å². The lowest BCUT2D eigenvalue weighted by Crippen LogP contribution is -2.26. The van der Waals surface area contributed by atoms with Gasteiger partial charge in [0, 0.05) is 5.92 Å². The number of carbonyl (C=O) groups excluding carboxylic acids is 1. The van der Waals surface area contributed by atoms with E-state index in [0.29, 0.717) is 5.92 Å². The maximum atomic E-state index is 10.4. The monoisotopic (exact) mass is 142 g/mol. The first kappa shape index (κ1) is 7.73. The maximum absolute atomic E-state index is 10.4. The quantitative estimate of drug-likeness (QED) is 0.554. The van der Waals surface area contributed by atoms with E-state index < -0.39 is 0 Å². The molecule has 3 unspecified atom stereocenters. The summed E-state index contributed by atoms with van der Waals surface area (Å²) in [7, 11) is 0. The van der Waals surface area contributed by atoms with Crippen LogP contribution in [0.3, 0.4) is 0 Å². The first-order chi connectivity index (χ1) is 4.74. The first-order valence-electron chi connectivity index (χ1n) is 3.87. The highest BCUT2D eigenvalue weighted by Gasteiger charge is 2.25. The molecule has 10 heavy (non-hydrogen) atoms. The van der Waals surface area contributed by atoms with Gasteiger partial charge in [0.25, 0.3) is 0 Å². The van der Waals surface area contributed by atoms with Crippen LogP contribution in [0, 0.1) is 11.8 Å². The van der Waals surface area contributed by atoms with E-state index in [2.05, 4.69) is 0 Å². The molecule has 2 nitrogen and oxygen atoms in total. The zero-order chi connectivity index (χ0) is 7.56. The Morgan fingerprint density at radius 3 is 2.70 bits per heavy atom. The molecule has 0 saturated heterocycles. The summed E-state index contributed by atoms with van der Waals surface area (Å²) in [5.74, 6) is 0.574. The van der Waals surface area contributed by atoms with Crippen LogP contribution in [-0.4, -0.2) is 17.5 Å². The van der Waals surface area contributed by atoms with E-state index in [0.717, 1.165) is 25.5 Å². The summed E-state index contributed by atoms with van der Waals surface area (Å²) in [5.41, 5.74) is 0. The summed E-state index contributed by atoms with van der Waals surface area (Å²) in [6.07, 6.45) is 3.32. The van der Waals surface area contributed by atoms with Crippen molar-refractivity contribution in [2.75, 3.05) is 0 Å². The van der Waals surface area contributed by atoms with E-state index in [1.165, 1.54) is 0 Å². The Kier molecular flexibility index (Phi) is 2.44. The van der Waals surface area contributed by atoms with E-state index in [4.69, 9.17) is 0 Å². The van der Waals surface area contributed by atoms with Gasteiger partial charge in [-0.15, -0.1) is 0 Å². The average molecular weight is 142 g/mol. The number of aldehydes is 1. The summed E-state index contributed by atoms with van der Waals surface area (Å²) in [6, 6.07) is 0. The number of hydrogen-bond donors (Lipinski definition) is 1. The van der Waals surface area contributed by atoms with Gasteiger partial charge < -0.3 is 9.90 Å². The van der Waals surface area contributed by atoms with Crippen molar-refractivity contribution >= 4 is 6.29 Å². The largest absolute Gasteiger partial charge is 0.393 e. The van der Waals surface area contributed by atoms with E-state index >= 15 is 0 Å². The molecule has 0 radical (unpaired) electrons. The number of aliphatic hydroxyl groups is 1. The predicted octanol–water partition coefficient (Wildman–Crippen LogP) is 0.982. The third-order valence-electron chi connectivity index (χ3n) is 2.38. The molecule has 2 heteroatoms. The lowest BCUT2D eigenvalue weighted by atomic mass is 9.80. The Hall–Kier alpha value is -0.370. The van der Waals surface area contributed by atoms with Crippen molar-refractivity contribution in [3.8, 4) is 0 Å². The molecule has 1 aliphatic rings. The third-order valence-corrected chi connectivity index (χ3v) is 2.38. The van der Waals surface area contributed by atoms with Gasteiger partial charge in [0.05, 0.1) is 6.10 Å². The fourth-order valence-corrected chi connectivity index (χ4v) is 1.59. The lowest BCUT2D eigenvalue weighted by molar-refractivity contribution is -0.114. The molecular formula is C8H14O2. The molecule has 0 aliphatic heterocycles. The van der Waals surface area contributed by atoms with E-state index in [9.17, 15) is 9.90 Å². The molecule has 0 bridgehead atoms. The number of carbonyl (C=O) groups is 1. The summed E-state index contributed by atoms with van der Waals surface area (Å²) in [6.45, 7) is 2.03. The number of aliphatic hydroxyl groups excluding tert-OH is 1. The molecule has 0 amide bonds. The van der Waals surface area contributed by atoms with Crippen molar-refractivity contribution in [3.63, 3.8) is 0 Å².